The molecule has 1 aliphatic rings. The zero-order chi connectivity index (χ0) is 17.6. The van der Waals surface area contributed by atoms with Crippen molar-refractivity contribution in [2.24, 2.45) is 5.41 Å². The third-order valence-corrected chi connectivity index (χ3v) is 5.36. The zero-order valence-electron chi connectivity index (χ0n) is 14.8. The minimum absolute atomic E-state index is 0.0333. The van der Waals surface area contributed by atoms with Crippen molar-refractivity contribution in [2.75, 3.05) is 32.8 Å². The molecule has 134 valence electrons. The van der Waals surface area contributed by atoms with E-state index in [4.69, 9.17) is 0 Å². The molecule has 1 amide bonds. The lowest BCUT2D eigenvalue weighted by molar-refractivity contribution is -0.133. The van der Waals surface area contributed by atoms with Gasteiger partial charge in [-0.3, -0.25) is 9.69 Å². The van der Waals surface area contributed by atoms with Gasteiger partial charge in [-0.25, -0.2) is 4.39 Å². The highest BCUT2D eigenvalue weighted by Gasteiger charge is 2.33. The lowest BCUT2D eigenvalue weighted by Gasteiger charge is -2.40. The molecule has 5 heteroatoms. The molecule has 0 aromatic heterocycles. The molecule has 1 fully saturated rings. The Kier molecular flexibility index (Phi) is 6.75. The van der Waals surface area contributed by atoms with E-state index in [2.05, 4.69) is 11.8 Å². The summed E-state index contributed by atoms with van der Waals surface area (Å²) < 4.78 is 13.3. The Morgan fingerprint density at radius 1 is 1.33 bits per heavy atom. The van der Waals surface area contributed by atoms with E-state index in [1.165, 1.54) is 12.1 Å². The Labute approximate surface area is 144 Å². The summed E-state index contributed by atoms with van der Waals surface area (Å²) in [5, 5.41) is 9.60. The van der Waals surface area contributed by atoms with E-state index in [1.807, 2.05) is 13.0 Å². The molecule has 2 rings (SSSR count). The predicted octanol–water partition coefficient (Wildman–Crippen LogP) is 2.66. The van der Waals surface area contributed by atoms with Gasteiger partial charge < -0.3 is 10.0 Å². The van der Waals surface area contributed by atoms with Gasteiger partial charge in [-0.2, -0.15) is 0 Å². The van der Waals surface area contributed by atoms with Crippen LogP contribution in [0.1, 0.15) is 38.7 Å². The number of aliphatic hydroxyl groups excluding tert-OH is 1. The summed E-state index contributed by atoms with van der Waals surface area (Å²) in [7, 11) is 0. The fraction of sp³-hybridized carbons (Fsp3) is 0.632. The number of likely N-dealkylation sites (N-methyl/N-ethyl adjacent to an activating group) is 1. The molecule has 1 aliphatic heterocycles. The minimum atomic E-state index is -0.271. The van der Waals surface area contributed by atoms with Crippen molar-refractivity contribution < 1.29 is 14.3 Å². The van der Waals surface area contributed by atoms with Crippen molar-refractivity contribution in [3.8, 4) is 0 Å². The second-order valence-corrected chi connectivity index (χ2v) is 6.83. The molecule has 0 unspecified atom stereocenters. The third kappa shape index (κ3) is 4.77. The van der Waals surface area contributed by atoms with E-state index in [1.54, 1.807) is 11.0 Å². The Morgan fingerprint density at radius 3 is 2.58 bits per heavy atom. The first-order valence-electron chi connectivity index (χ1n) is 8.87. The summed E-state index contributed by atoms with van der Waals surface area (Å²) in [6.45, 7) is 7.43. The summed E-state index contributed by atoms with van der Waals surface area (Å²) in [5.41, 5.74) is 0.847. The molecule has 0 aliphatic carbocycles. The van der Waals surface area contributed by atoms with Crippen LogP contribution in [-0.4, -0.2) is 53.6 Å². The minimum Gasteiger partial charge on any atom is -0.396 e. The van der Waals surface area contributed by atoms with Gasteiger partial charge in [0, 0.05) is 19.7 Å². The lowest BCUT2D eigenvalue weighted by Crippen LogP contribution is -2.46. The van der Waals surface area contributed by atoms with Crippen LogP contribution in [-0.2, 0) is 11.3 Å². The number of carbonyl (C=O) groups excluding carboxylic acids is 1. The Balaban J connectivity index is 1.88. The van der Waals surface area contributed by atoms with Crippen LogP contribution in [0.2, 0.25) is 0 Å². The fourth-order valence-corrected chi connectivity index (χ4v) is 3.33. The smallest absolute Gasteiger partial charge is 0.237 e. The first-order chi connectivity index (χ1) is 11.5. The molecule has 0 atom stereocenters. The number of nitrogens with zero attached hydrogens (tertiary/aromatic N) is 2. The summed E-state index contributed by atoms with van der Waals surface area (Å²) in [4.78, 5) is 16.5. The highest BCUT2D eigenvalue weighted by molar-refractivity contribution is 5.78. The molecule has 0 radical (unpaired) electrons. The maximum absolute atomic E-state index is 13.3. The molecule has 1 aromatic rings. The average Bonchev–Trinajstić information content (AvgIpc) is 2.60. The molecule has 24 heavy (non-hydrogen) atoms. The van der Waals surface area contributed by atoms with Gasteiger partial charge in [0.15, 0.2) is 0 Å². The van der Waals surface area contributed by atoms with Gasteiger partial charge in [0.05, 0.1) is 6.54 Å². The van der Waals surface area contributed by atoms with Crippen molar-refractivity contribution in [1.29, 1.82) is 0 Å². The second kappa shape index (κ2) is 8.58. The maximum Gasteiger partial charge on any atom is 0.237 e. The Morgan fingerprint density at radius 2 is 2.04 bits per heavy atom. The molecule has 1 N–H and O–H groups in total. The highest BCUT2D eigenvalue weighted by atomic mass is 19.1. The van der Waals surface area contributed by atoms with E-state index in [0.717, 1.165) is 37.9 Å². The van der Waals surface area contributed by atoms with E-state index >= 15 is 0 Å². The number of rotatable bonds is 7. The Hall–Kier alpha value is -1.46. The van der Waals surface area contributed by atoms with Crippen LogP contribution < -0.4 is 0 Å². The van der Waals surface area contributed by atoms with Gasteiger partial charge in [-0.1, -0.05) is 19.1 Å². The topological polar surface area (TPSA) is 43.8 Å². The van der Waals surface area contributed by atoms with Crippen LogP contribution in [0.5, 0.6) is 0 Å². The average molecular weight is 336 g/mol. The van der Waals surface area contributed by atoms with Crippen molar-refractivity contribution >= 4 is 5.91 Å². The van der Waals surface area contributed by atoms with Crippen molar-refractivity contribution in [3.05, 3.63) is 35.6 Å². The highest BCUT2D eigenvalue weighted by Crippen LogP contribution is 2.34. The van der Waals surface area contributed by atoms with Gasteiger partial charge in [0.25, 0.3) is 0 Å². The lowest BCUT2D eigenvalue weighted by atomic mass is 9.77. The monoisotopic (exact) mass is 336 g/mol. The number of hydrogen-bond acceptors (Lipinski definition) is 3. The quantitative estimate of drug-likeness (QED) is 0.832. The summed E-state index contributed by atoms with van der Waals surface area (Å²) in [6, 6.07) is 6.41. The molecular weight excluding hydrogens is 307 g/mol. The maximum atomic E-state index is 13.3. The van der Waals surface area contributed by atoms with Gasteiger partial charge >= 0.3 is 0 Å². The number of carbonyl (C=O) groups is 1. The largest absolute Gasteiger partial charge is 0.396 e. The van der Waals surface area contributed by atoms with E-state index in [9.17, 15) is 14.3 Å². The SMILES string of the molecule is CCN(Cc1cccc(F)c1)C(=O)CN1CCC(CC)(CO)CC1. The van der Waals surface area contributed by atoms with Crippen LogP contribution in [0.4, 0.5) is 4.39 Å². The molecular formula is C19H29FN2O2. The van der Waals surface area contributed by atoms with Crippen LogP contribution in [0.25, 0.3) is 0 Å². The predicted molar refractivity (Wildman–Crippen MR) is 93.0 cm³/mol. The summed E-state index contributed by atoms with van der Waals surface area (Å²) in [5.74, 6) is -0.193. The van der Waals surface area contributed by atoms with Gasteiger partial charge in [0.1, 0.15) is 5.82 Å². The Bertz CT molecular complexity index is 536. The van der Waals surface area contributed by atoms with Crippen molar-refractivity contribution in [3.63, 3.8) is 0 Å². The van der Waals surface area contributed by atoms with E-state index in [0.29, 0.717) is 19.6 Å². The summed E-state index contributed by atoms with van der Waals surface area (Å²) in [6.07, 6.45) is 2.85. The first kappa shape index (κ1) is 18.9. The molecule has 0 spiro atoms. The number of aliphatic hydroxyl groups is 1. The van der Waals surface area contributed by atoms with Crippen molar-refractivity contribution in [2.45, 2.75) is 39.7 Å². The normalized spacial score (nSPS) is 17.7. The van der Waals surface area contributed by atoms with Crippen molar-refractivity contribution in [1.82, 2.24) is 9.80 Å². The second-order valence-electron chi connectivity index (χ2n) is 6.83. The summed E-state index contributed by atoms with van der Waals surface area (Å²) >= 11 is 0. The molecule has 4 nitrogen and oxygen atoms in total. The number of hydrogen-bond donors (Lipinski definition) is 1. The zero-order valence-corrected chi connectivity index (χ0v) is 14.8. The number of halogens is 1. The first-order valence-corrected chi connectivity index (χ1v) is 8.87. The van der Waals surface area contributed by atoms with E-state index < -0.39 is 0 Å². The van der Waals surface area contributed by atoms with Crippen LogP contribution >= 0.6 is 0 Å². The van der Waals surface area contributed by atoms with Crippen LogP contribution in [0.15, 0.2) is 24.3 Å². The number of benzene rings is 1. The molecule has 0 bridgehead atoms. The molecule has 1 heterocycles. The standard InChI is InChI=1S/C19H29FN2O2/c1-3-19(15-23)8-10-21(11-9-19)14-18(24)22(4-2)13-16-6-5-7-17(20)12-16/h5-7,12,23H,3-4,8-11,13-15H2,1-2H3. The van der Waals surface area contributed by atoms with Gasteiger partial charge in [-0.05, 0) is 62.4 Å². The third-order valence-electron chi connectivity index (χ3n) is 5.36. The molecule has 0 saturated carbocycles. The number of piperidine rings is 1. The molecule has 1 saturated heterocycles. The fourth-order valence-electron chi connectivity index (χ4n) is 3.33. The van der Waals surface area contributed by atoms with Crippen LogP contribution in [0, 0.1) is 11.2 Å². The van der Waals surface area contributed by atoms with Gasteiger partial charge in [0.2, 0.25) is 5.91 Å². The van der Waals surface area contributed by atoms with Crippen LogP contribution in [0.3, 0.4) is 0 Å². The number of amides is 1. The number of likely N-dealkylation sites (tertiary alicyclic amines) is 1. The van der Waals surface area contributed by atoms with Gasteiger partial charge in [-0.15, -0.1) is 0 Å². The van der Waals surface area contributed by atoms with E-state index in [-0.39, 0.29) is 23.7 Å². The molecule has 1 aromatic carbocycles.